The minimum Gasteiger partial charge on any atom is -0.392 e. The predicted octanol–water partition coefficient (Wildman–Crippen LogP) is 1.10. The Morgan fingerprint density at radius 1 is 1.53 bits per heavy atom. The average Bonchev–Trinajstić information content (AvgIpc) is 2.50. The molecule has 0 fully saturated rings. The number of rotatable bonds is 2. The lowest BCUT2D eigenvalue weighted by atomic mass is 10.1. The molecule has 8 nitrogen and oxygen atoms in total. The molecule has 0 bridgehead atoms. The van der Waals surface area contributed by atoms with Crippen molar-refractivity contribution in [2.75, 3.05) is 12.3 Å². The summed E-state index contributed by atoms with van der Waals surface area (Å²) in [5, 5.41) is 10.8. The van der Waals surface area contributed by atoms with Gasteiger partial charge < -0.3 is 5.73 Å². The summed E-state index contributed by atoms with van der Waals surface area (Å²) in [6, 6.07) is 0.894. The molecule has 0 spiro atoms. The van der Waals surface area contributed by atoms with Gasteiger partial charge >= 0.3 is 0 Å². The lowest BCUT2D eigenvalue weighted by Crippen LogP contribution is -2.29. The third kappa shape index (κ3) is 1.70. The van der Waals surface area contributed by atoms with E-state index in [2.05, 4.69) is 15.9 Å². The number of anilines is 1. The van der Waals surface area contributed by atoms with Gasteiger partial charge in [0, 0.05) is 12.6 Å². The van der Waals surface area contributed by atoms with Crippen LogP contribution in [0, 0.1) is 10.1 Å². The third-order valence-electron chi connectivity index (χ3n) is 2.73. The normalized spacial score (nSPS) is 16.5. The molecule has 19 heavy (non-hydrogen) atoms. The summed E-state index contributed by atoms with van der Waals surface area (Å²) in [6.07, 6.45) is 0. The number of nitro groups is 1. The Morgan fingerprint density at radius 3 is 2.58 bits per heavy atom. The summed E-state index contributed by atoms with van der Waals surface area (Å²) in [5.74, 6) is -0.790. The van der Waals surface area contributed by atoms with Gasteiger partial charge in [-0.05, 0) is 22.9 Å². The van der Waals surface area contributed by atoms with Gasteiger partial charge in [0.05, 0.1) is 15.0 Å². The van der Waals surface area contributed by atoms with Gasteiger partial charge in [-0.15, -0.1) is 0 Å². The molecule has 0 radical (unpaired) electrons. The number of halogens is 1. The van der Waals surface area contributed by atoms with Gasteiger partial charge in [-0.25, -0.2) is 12.7 Å². The first-order chi connectivity index (χ1) is 8.73. The summed E-state index contributed by atoms with van der Waals surface area (Å²) in [4.78, 5) is 21.7. The third-order valence-corrected chi connectivity index (χ3v) is 5.76. The zero-order valence-corrected chi connectivity index (χ0v) is 12.0. The highest BCUT2D eigenvalue weighted by Gasteiger charge is 2.44. The van der Waals surface area contributed by atoms with Gasteiger partial charge in [-0.2, -0.15) is 0 Å². The van der Waals surface area contributed by atoms with E-state index in [0.717, 1.165) is 6.07 Å². The molecule has 2 rings (SSSR count). The Kier molecular flexibility index (Phi) is 3.01. The number of sulfonamides is 1. The van der Waals surface area contributed by atoms with Crippen molar-refractivity contribution in [2.24, 2.45) is 0 Å². The van der Waals surface area contributed by atoms with Crippen molar-refractivity contribution in [3.05, 3.63) is 26.2 Å². The second kappa shape index (κ2) is 4.17. The number of hydrogen-bond acceptors (Lipinski definition) is 6. The number of nitrogens with two attached hydrogens (primary N) is 1. The van der Waals surface area contributed by atoms with E-state index in [-0.39, 0.29) is 27.2 Å². The van der Waals surface area contributed by atoms with Crippen LogP contribution >= 0.6 is 15.9 Å². The van der Waals surface area contributed by atoms with Crippen molar-refractivity contribution in [3.63, 3.8) is 0 Å². The van der Waals surface area contributed by atoms with E-state index < -0.39 is 26.5 Å². The topological polar surface area (TPSA) is 124 Å². The molecule has 1 aliphatic rings. The second-order valence-electron chi connectivity index (χ2n) is 3.73. The first-order valence-electron chi connectivity index (χ1n) is 5.06. The number of benzene rings is 1. The molecule has 1 aliphatic heterocycles. The first kappa shape index (κ1) is 13.7. The predicted molar refractivity (Wildman–Crippen MR) is 69.1 cm³/mol. The highest BCUT2D eigenvalue weighted by atomic mass is 79.9. The van der Waals surface area contributed by atoms with Crippen LogP contribution in [0.2, 0.25) is 0 Å². The molecule has 1 amide bonds. The number of fused-ring (bicyclic) bond motifs is 1. The van der Waals surface area contributed by atoms with Crippen LogP contribution in [0.1, 0.15) is 17.3 Å². The largest absolute Gasteiger partial charge is 0.392 e. The molecular formula is C9H8BrN3O5S. The Balaban J connectivity index is 2.89. The van der Waals surface area contributed by atoms with Crippen LogP contribution in [0.5, 0.6) is 0 Å². The van der Waals surface area contributed by atoms with E-state index in [9.17, 15) is 23.3 Å². The van der Waals surface area contributed by atoms with E-state index in [4.69, 9.17) is 5.73 Å². The van der Waals surface area contributed by atoms with E-state index in [1.807, 2.05) is 0 Å². The molecule has 0 atom stereocenters. The van der Waals surface area contributed by atoms with Gasteiger partial charge in [-0.3, -0.25) is 14.9 Å². The maximum Gasteiger partial charge on any atom is 0.294 e. The van der Waals surface area contributed by atoms with Crippen LogP contribution in [0.3, 0.4) is 0 Å². The van der Waals surface area contributed by atoms with E-state index in [1.54, 1.807) is 0 Å². The minimum absolute atomic E-state index is 0.0595. The molecule has 10 heteroatoms. The molecule has 102 valence electrons. The number of nitrogen functional groups attached to an aromatic ring is 1. The van der Waals surface area contributed by atoms with Crippen LogP contribution in [-0.4, -0.2) is 30.1 Å². The highest BCUT2D eigenvalue weighted by molar-refractivity contribution is 9.10. The zero-order valence-electron chi connectivity index (χ0n) is 9.58. The van der Waals surface area contributed by atoms with Crippen molar-refractivity contribution < 1.29 is 18.1 Å². The highest BCUT2D eigenvalue weighted by Crippen LogP contribution is 2.43. The summed E-state index contributed by atoms with van der Waals surface area (Å²) >= 11 is 2.92. The molecule has 1 aromatic carbocycles. The summed E-state index contributed by atoms with van der Waals surface area (Å²) in [7, 11) is -4.01. The lowest BCUT2D eigenvalue weighted by Gasteiger charge is -2.11. The molecule has 0 aliphatic carbocycles. The van der Waals surface area contributed by atoms with Crippen molar-refractivity contribution in [1.82, 2.24) is 4.31 Å². The lowest BCUT2D eigenvalue weighted by molar-refractivity contribution is -0.384. The number of nitrogens with zero attached hydrogens (tertiary/aromatic N) is 2. The van der Waals surface area contributed by atoms with Gasteiger partial charge in [0.25, 0.3) is 21.6 Å². The quantitative estimate of drug-likeness (QED) is 0.484. The maximum absolute atomic E-state index is 12.1. The fourth-order valence-corrected chi connectivity index (χ4v) is 4.53. The number of hydrogen-bond donors (Lipinski definition) is 1. The minimum atomic E-state index is -4.01. The molecule has 0 saturated carbocycles. The molecule has 2 N–H and O–H groups in total. The van der Waals surface area contributed by atoms with Crippen LogP contribution < -0.4 is 5.73 Å². The van der Waals surface area contributed by atoms with Gasteiger partial charge in [0.1, 0.15) is 10.6 Å². The van der Waals surface area contributed by atoms with Crippen molar-refractivity contribution >= 4 is 43.2 Å². The number of amides is 1. The van der Waals surface area contributed by atoms with Gasteiger partial charge in [-0.1, -0.05) is 0 Å². The Morgan fingerprint density at radius 2 is 2.11 bits per heavy atom. The van der Waals surface area contributed by atoms with Gasteiger partial charge in [0.2, 0.25) is 0 Å². The van der Waals surface area contributed by atoms with Crippen LogP contribution in [0.4, 0.5) is 11.4 Å². The Bertz CT molecular complexity index is 715. The van der Waals surface area contributed by atoms with Crippen LogP contribution in [0.15, 0.2) is 15.4 Å². The molecule has 0 unspecified atom stereocenters. The average molecular weight is 350 g/mol. The Hall–Kier alpha value is -1.68. The van der Waals surface area contributed by atoms with Crippen molar-refractivity contribution in [1.29, 1.82) is 0 Å². The van der Waals surface area contributed by atoms with Crippen LogP contribution in [0.25, 0.3) is 0 Å². The van der Waals surface area contributed by atoms with Gasteiger partial charge in [0.15, 0.2) is 0 Å². The molecular weight excluding hydrogens is 342 g/mol. The fraction of sp³-hybridized carbons (Fsp3) is 0.222. The Labute approximate surface area is 116 Å². The molecule has 0 aromatic heterocycles. The molecule has 1 aromatic rings. The summed E-state index contributed by atoms with van der Waals surface area (Å²) in [6.45, 7) is 1.43. The SMILES string of the molecule is CCN1C(=O)c2cc([N+](=O)[O-])c(N)c(Br)c2S1(=O)=O. The maximum atomic E-state index is 12.1. The monoisotopic (exact) mass is 349 g/mol. The smallest absolute Gasteiger partial charge is 0.294 e. The number of carbonyl (C=O) groups is 1. The van der Waals surface area contributed by atoms with Crippen molar-refractivity contribution in [2.45, 2.75) is 11.8 Å². The van der Waals surface area contributed by atoms with E-state index >= 15 is 0 Å². The summed E-state index contributed by atoms with van der Waals surface area (Å²) in [5.41, 5.74) is 4.46. The van der Waals surface area contributed by atoms with E-state index in [1.165, 1.54) is 6.92 Å². The fourth-order valence-electron chi connectivity index (χ4n) is 1.86. The van der Waals surface area contributed by atoms with E-state index in [0.29, 0.717) is 4.31 Å². The first-order valence-corrected chi connectivity index (χ1v) is 7.30. The number of carbonyl (C=O) groups excluding carboxylic acids is 1. The molecule has 0 saturated heterocycles. The molecule has 1 heterocycles. The van der Waals surface area contributed by atoms with Crippen molar-refractivity contribution in [3.8, 4) is 0 Å². The zero-order chi connectivity index (χ0) is 14.5. The summed E-state index contributed by atoms with van der Waals surface area (Å²) < 4.78 is 24.8. The second-order valence-corrected chi connectivity index (χ2v) is 6.32. The number of nitro benzene ring substituents is 1. The van der Waals surface area contributed by atoms with Crippen LogP contribution in [-0.2, 0) is 10.0 Å². The standard InChI is InChI=1S/C9H8BrN3O5S/c1-2-12-9(14)4-3-5(13(15)16)7(11)6(10)8(4)19(12,17)18/h3H,2,11H2,1H3.